The van der Waals surface area contributed by atoms with Gasteiger partial charge in [-0.2, -0.15) is 0 Å². The number of hydrogen-bond donors (Lipinski definition) is 1. The SMILES string of the molecule is COC(CNCC(c1ccccc1)N1CCCC1)OC. The van der Waals surface area contributed by atoms with Crippen LogP contribution in [-0.2, 0) is 9.47 Å². The second-order valence-electron chi connectivity index (χ2n) is 5.23. The normalized spacial score (nSPS) is 17.8. The first-order valence-electron chi connectivity index (χ1n) is 7.40. The van der Waals surface area contributed by atoms with Gasteiger partial charge in [0.05, 0.1) is 0 Å². The summed E-state index contributed by atoms with van der Waals surface area (Å²) in [5, 5.41) is 3.47. The Hall–Kier alpha value is -0.940. The molecule has 112 valence electrons. The molecule has 0 aromatic heterocycles. The lowest BCUT2D eigenvalue weighted by Gasteiger charge is -2.29. The van der Waals surface area contributed by atoms with Gasteiger partial charge in [-0.1, -0.05) is 30.3 Å². The molecular weight excluding hydrogens is 252 g/mol. The van der Waals surface area contributed by atoms with Crippen LogP contribution < -0.4 is 5.32 Å². The predicted octanol–water partition coefficient (Wildman–Crippen LogP) is 2.03. The summed E-state index contributed by atoms with van der Waals surface area (Å²) in [7, 11) is 3.34. The fourth-order valence-electron chi connectivity index (χ4n) is 2.79. The molecule has 2 rings (SSSR count). The summed E-state index contributed by atoms with van der Waals surface area (Å²) in [5.74, 6) is 0. The first-order valence-corrected chi connectivity index (χ1v) is 7.40. The summed E-state index contributed by atoms with van der Waals surface area (Å²) in [4.78, 5) is 2.57. The molecule has 1 aromatic carbocycles. The molecule has 4 heteroatoms. The molecule has 0 radical (unpaired) electrons. The van der Waals surface area contributed by atoms with Crippen molar-refractivity contribution in [2.45, 2.75) is 25.2 Å². The van der Waals surface area contributed by atoms with E-state index in [1.807, 2.05) is 0 Å². The van der Waals surface area contributed by atoms with Gasteiger partial charge in [0, 0.05) is 33.4 Å². The van der Waals surface area contributed by atoms with Gasteiger partial charge in [0.1, 0.15) is 0 Å². The predicted molar refractivity (Wildman–Crippen MR) is 80.7 cm³/mol. The van der Waals surface area contributed by atoms with Crippen molar-refractivity contribution in [3.8, 4) is 0 Å². The zero-order chi connectivity index (χ0) is 14.2. The third-order valence-electron chi connectivity index (χ3n) is 3.94. The highest BCUT2D eigenvalue weighted by Gasteiger charge is 2.23. The Morgan fingerprint density at radius 3 is 2.30 bits per heavy atom. The molecule has 1 heterocycles. The molecule has 0 spiro atoms. The van der Waals surface area contributed by atoms with E-state index in [1.54, 1.807) is 14.2 Å². The van der Waals surface area contributed by atoms with Crippen molar-refractivity contribution in [3.63, 3.8) is 0 Å². The van der Waals surface area contributed by atoms with Crippen LogP contribution in [0.15, 0.2) is 30.3 Å². The second-order valence-corrected chi connectivity index (χ2v) is 5.23. The topological polar surface area (TPSA) is 33.7 Å². The molecule has 4 nitrogen and oxygen atoms in total. The lowest BCUT2D eigenvalue weighted by atomic mass is 10.1. The van der Waals surface area contributed by atoms with E-state index in [0.29, 0.717) is 12.6 Å². The van der Waals surface area contributed by atoms with Crippen molar-refractivity contribution < 1.29 is 9.47 Å². The van der Waals surface area contributed by atoms with Gasteiger partial charge in [-0.3, -0.25) is 4.90 Å². The van der Waals surface area contributed by atoms with Gasteiger partial charge in [-0.05, 0) is 31.5 Å². The molecule has 1 N–H and O–H groups in total. The van der Waals surface area contributed by atoms with E-state index < -0.39 is 0 Å². The maximum atomic E-state index is 5.21. The molecule has 20 heavy (non-hydrogen) atoms. The highest BCUT2D eigenvalue weighted by atomic mass is 16.7. The average molecular weight is 278 g/mol. The van der Waals surface area contributed by atoms with Crippen molar-refractivity contribution in [2.24, 2.45) is 0 Å². The lowest BCUT2D eigenvalue weighted by Crippen LogP contribution is -2.38. The first kappa shape index (κ1) is 15.4. The molecule has 0 aliphatic carbocycles. The van der Waals surface area contributed by atoms with Crippen LogP contribution in [0.1, 0.15) is 24.4 Å². The maximum absolute atomic E-state index is 5.21. The van der Waals surface area contributed by atoms with E-state index in [2.05, 4.69) is 40.5 Å². The average Bonchev–Trinajstić information content (AvgIpc) is 3.02. The van der Waals surface area contributed by atoms with E-state index in [-0.39, 0.29) is 6.29 Å². The molecule has 0 bridgehead atoms. The van der Waals surface area contributed by atoms with Crippen LogP contribution in [0.3, 0.4) is 0 Å². The van der Waals surface area contributed by atoms with E-state index >= 15 is 0 Å². The largest absolute Gasteiger partial charge is 0.355 e. The summed E-state index contributed by atoms with van der Waals surface area (Å²) in [6.45, 7) is 4.02. The summed E-state index contributed by atoms with van der Waals surface area (Å²) < 4.78 is 10.4. The highest BCUT2D eigenvalue weighted by molar-refractivity contribution is 5.19. The molecule has 0 saturated carbocycles. The van der Waals surface area contributed by atoms with Gasteiger partial charge in [0.2, 0.25) is 0 Å². The Kier molecular flexibility index (Phi) is 6.47. The zero-order valence-electron chi connectivity index (χ0n) is 12.5. The summed E-state index contributed by atoms with van der Waals surface area (Å²) in [6.07, 6.45) is 2.44. The van der Waals surface area contributed by atoms with Crippen molar-refractivity contribution >= 4 is 0 Å². The van der Waals surface area contributed by atoms with Gasteiger partial charge in [0.25, 0.3) is 0 Å². The molecule has 1 saturated heterocycles. The van der Waals surface area contributed by atoms with Crippen LogP contribution in [0.25, 0.3) is 0 Å². The fourth-order valence-corrected chi connectivity index (χ4v) is 2.79. The maximum Gasteiger partial charge on any atom is 0.169 e. The number of nitrogens with one attached hydrogen (secondary N) is 1. The van der Waals surface area contributed by atoms with Crippen molar-refractivity contribution in [3.05, 3.63) is 35.9 Å². The van der Waals surface area contributed by atoms with Crippen molar-refractivity contribution in [1.82, 2.24) is 10.2 Å². The van der Waals surface area contributed by atoms with E-state index in [1.165, 1.54) is 31.5 Å². The number of methoxy groups -OCH3 is 2. The van der Waals surface area contributed by atoms with Gasteiger partial charge >= 0.3 is 0 Å². The van der Waals surface area contributed by atoms with Crippen LogP contribution in [0.2, 0.25) is 0 Å². The number of benzene rings is 1. The molecule has 1 aromatic rings. The molecule has 1 atom stereocenters. The molecule has 1 aliphatic heterocycles. The Balaban J connectivity index is 1.93. The van der Waals surface area contributed by atoms with Crippen molar-refractivity contribution in [2.75, 3.05) is 40.4 Å². The molecule has 1 fully saturated rings. The van der Waals surface area contributed by atoms with E-state index in [9.17, 15) is 0 Å². The van der Waals surface area contributed by atoms with Crippen LogP contribution in [0, 0.1) is 0 Å². The fraction of sp³-hybridized carbons (Fsp3) is 0.625. The van der Waals surface area contributed by atoms with Gasteiger partial charge in [-0.15, -0.1) is 0 Å². The summed E-state index contributed by atoms with van der Waals surface area (Å²) >= 11 is 0. The molecule has 0 amide bonds. The monoisotopic (exact) mass is 278 g/mol. The number of rotatable bonds is 8. The van der Waals surface area contributed by atoms with Crippen LogP contribution in [0.4, 0.5) is 0 Å². The lowest BCUT2D eigenvalue weighted by molar-refractivity contribution is -0.0991. The number of hydrogen-bond acceptors (Lipinski definition) is 4. The number of ether oxygens (including phenoxy) is 2. The summed E-state index contributed by atoms with van der Waals surface area (Å²) in [6, 6.07) is 11.2. The van der Waals surface area contributed by atoms with Gasteiger partial charge in [-0.25, -0.2) is 0 Å². The van der Waals surface area contributed by atoms with Crippen LogP contribution >= 0.6 is 0 Å². The minimum atomic E-state index is -0.176. The second kappa shape index (κ2) is 8.37. The van der Waals surface area contributed by atoms with E-state index in [4.69, 9.17) is 9.47 Å². The molecule has 1 unspecified atom stereocenters. The minimum Gasteiger partial charge on any atom is -0.355 e. The zero-order valence-corrected chi connectivity index (χ0v) is 12.5. The Morgan fingerprint density at radius 1 is 1.05 bits per heavy atom. The Morgan fingerprint density at radius 2 is 1.70 bits per heavy atom. The first-order chi connectivity index (χ1) is 9.85. The standard InChI is InChI=1S/C16H26N2O2/c1-19-16(20-2)13-17-12-15(18-10-6-7-11-18)14-8-4-3-5-9-14/h3-5,8-9,15-17H,6-7,10-13H2,1-2H3. The third kappa shape index (κ3) is 4.28. The number of likely N-dealkylation sites (tertiary alicyclic amines) is 1. The third-order valence-corrected chi connectivity index (χ3v) is 3.94. The van der Waals surface area contributed by atoms with Crippen molar-refractivity contribution in [1.29, 1.82) is 0 Å². The highest BCUT2D eigenvalue weighted by Crippen LogP contribution is 2.24. The van der Waals surface area contributed by atoms with Crippen LogP contribution in [0.5, 0.6) is 0 Å². The van der Waals surface area contributed by atoms with Crippen LogP contribution in [-0.4, -0.2) is 51.6 Å². The Labute approximate surface area is 122 Å². The summed E-state index contributed by atoms with van der Waals surface area (Å²) in [5.41, 5.74) is 1.38. The van der Waals surface area contributed by atoms with Gasteiger partial charge in [0.15, 0.2) is 6.29 Å². The minimum absolute atomic E-state index is 0.176. The van der Waals surface area contributed by atoms with E-state index in [0.717, 1.165) is 6.54 Å². The van der Waals surface area contributed by atoms with Gasteiger partial charge < -0.3 is 14.8 Å². The molecular formula is C16H26N2O2. The molecule has 1 aliphatic rings. The number of nitrogens with zero attached hydrogens (tertiary/aromatic N) is 1. The quantitative estimate of drug-likeness (QED) is 0.738. The smallest absolute Gasteiger partial charge is 0.169 e. The Bertz CT molecular complexity index is 362.